The zero-order valence-corrected chi connectivity index (χ0v) is 10.8. The van der Waals surface area contributed by atoms with E-state index < -0.39 is 0 Å². The molecule has 0 atom stereocenters. The Morgan fingerprint density at radius 3 is 2.56 bits per heavy atom. The lowest BCUT2D eigenvalue weighted by molar-refractivity contribution is 0.102. The molecule has 0 aliphatic carbocycles. The quantitative estimate of drug-likeness (QED) is 0.860. The highest BCUT2D eigenvalue weighted by atomic mass is 35.5. The topological polar surface area (TPSA) is 67.8 Å². The maximum absolute atomic E-state index is 11.8. The Balaban J connectivity index is 2.18. The second kappa shape index (κ2) is 5.29. The summed E-state index contributed by atoms with van der Waals surface area (Å²) in [5.41, 5.74) is 1.37. The summed E-state index contributed by atoms with van der Waals surface area (Å²) in [6.07, 6.45) is 2.61. The Hall–Kier alpha value is -1.72. The van der Waals surface area contributed by atoms with E-state index in [9.17, 15) is 4.79 Å². The predicted molar refractivity (Wildman–Crippen MR) is 69.0 cm³/mol. The first-order valence-corrected chi connectivity index (χ1v) is 5.74. The normalized spacial score (nSPS) is 10.2. The van der Waals surface area contributed by atoms with E-state index in [1.165, 1.54) is 12.4 Å². The lowest BCUT2D eigenvalue weighted by Crippen LogP contribution is -2.15. The average molecular weight is 283 g/mol. The first kappa shape index (κ1) is 12.7. The summed E-state index contributed by atoms with van der Waals surface area (Å²) in [6, 6.07) is 3.27. The van der Waals surface area contributed by atoms with E-state index in [-0.39, 0.29) is 16.8 Å². The van der Waals surface area contributed by atoms with E-state index in [1.54, 1.807) is 19.1 Å². The number of nitrogens with one attached hydrogen (secondary N) is 1. The minimum absolute atomic E-state index is 0.175. The van der Waals surface area contributed by atoms with Crippen LogP contribution in [0.15, 0.2) is 24.5 Å². The SMILES string of the molecule is Cc1nc(Cl)ccc1NC(=O)c1cnc(Cl)cn1. The van der Waals surface area contributed by atoms with Gasteiger partial charge in [-0.05, 0) is 19.1 Å². The molecule has 2 aromatic rings. The number of aryl methyl sites for hydroxylation is 1. The molecule has 2 heterocycles. The van der Waals surface area contributed by atoms with Crippen LogP contribution in [0, 0.1) is 6.92 Å². The maximum atomic E-state index is 11.8. The van der Waals surface area contributed by atoms with Gasteiger partial charge in [-0.2, -0.15) is 0 Å². The van der Waals surface area contributed by atoms with Gasteiger partial charge in [0.25, 0.3) is 5.91 Å². The van der Waals surface area contributed by atoms with Gasteiger partial charge >= 0.3 is 0 Å². The van der Waals surface area contributed by atoms with Crippen LogP contribution in [0.4, 0.5) is 5.69 Å². The highest BCUT2D eigenvalue weighted by Crippen LogP contribution is 2.16. The fraction of sp³-hybridized carbons (Fsp3) is 0.0909. The van der Waals surface area contributed by atoms with Gasteiger partial charge in [0.05, 0.1) is 23.8 Å². The number of rotatable bonds is 2. The zero-order chi connectivity index (χ0) is 13.1. The average Bonchev–Trinajstić information content (AvgIpc) is 2.33. The third-order valence-electron chi connectivity index (χ3n) is 2.15. The van der Waals surface area contributed by atoms with Crippen LogP contribution in [-0.4, -0.2) is 20.9 Å². The van der Waals surface area contributed by atoms with Gasteiger partial charge in [0.15, 0.2) is 0 Å². The fourth-order valence-corrected chi connectivity index (χ4v) is 1.57. The van der Waals surface area contributed by atoms with Gasteiger partial charge in [-0.1, -0.05) is 23.2 Å². The van der Waals surface area contributed by atoms with Gasteiger partial charge in [-0.15, -0.1) is 0 Å². The number of carbonyl (C=O) groups is 1. The van der Waals surface area contributed by atoms with Crippen molar-refractivity contribution in [3.63, 3.8) is 0 Å². The van der Waals surface area contributed by atoms with Gasteiger partial charge < -0.3 is 5.32 Å². The van der Waals surface area contributed by atoms with E-state index in [0.29, 0.717) is 16.5 Å². The van der Waals surface area contributed by atoms with Crippen LogP contribution in [0.5, 0.6) is 0 Å². The summed E-state index contributed by atoms with van der Waals surface area (Å²) >= 11 is 11.3. The third-order valence-corrected chi connectivity index (χ3v) is 2.56. The molecule has 5 nitrogen and oxygen atoms in total. The van der Waals surface area contributed by atoms with Crippen molar-refractivity contribution in [2.45, 2.75) is 6.92 Å². The third kappa shape index (κ3) is 2.94. The Labute approximate surface area is 113 Å². The predicted octanol–water partition coefficient (Wildman–Crippen LogP) is 2.74. The number of carbonyl (C=O) groups excluding carboxylic acids is 1. The molecule has 0 aliphatic heterocycles. The molecular formula is C11H8Cl2N4O. The van der Waals surface area contributed by atoms with Gasteiger partial charge in [-0.3, -0.25) is 4.79 Å². The number of anilines is 1. The summed E-state index contributed by atoms with van der Waals surface area (Å²) in [6.45, 7) is 1.75. The molecule has 7 heteroatoms. The van der Waals surface area contributed by atoms with Crippen LogP contribution < -0.4 is 5.32 Å². The molecule has 0 bridgehead atoms. The molecule has 0 saturated carbocycles. The molecule has 2 rings (SSSR count). The van der Waals surface area contributed by atoms with Crippen molar-refractivity contribution in [3.05, 3.63) is 46.2 Å². The maximum Gasteiger partial charge on any atom is 0.275 e. The fourth-order valence-electron chi connectivity index (χ4n) is 1.28. The molecule has 0 saturated heterocycles. The van der Waals surface area contributed by atoms with E-state index in [1.807, 2.05) is 0 Å². The largest absolute Gasteiger partial charge is 0.319 e. The smallest absolute Gasteiger partial charge is 0.275 e. The van der Waals surface area contributed by atoms with Gasteiger partial charge in [0.1, 0.15) is 16.0 Å². The molecule has 0 aromatic carbocycles. The summed E-state index contributed by atoms with van der Waals surface area (Å²) in [7, 11) is 0. The molecule has 0 spiro atoms. The minimum atomic E-state index is -0.383. The molecule has 1 amide bonds. The van der Waals surface area contributed by atoms with E-state index in [2.05, 4.69) is 20.3 Å². The van der Waals surface area contributed by atoms with Gasteiger partial charge in [-0.25, -0.2) is 15.0 Å². The van der Waals surface area contributed by atoms with Crippen molar-refractivity contribution >= 4 is 34.8 Å². The number of nitrogens with zero attached hydrogens (tertiary/aromatic N) is 3. The van der Waals surface area contributed by atoms with Crippen molar-refractivity contribution in [2.24, 2.45) is 0 Å². The van der Waals surface area contributed by atoms with Crippen molar-refractivity contribution in [2.75, 3.05) is 5.32 Å². The molecule has 0 aliphatic rings. The number of halogens is 2. The molecular weight excluding hydrogens is 275 g/mol. The lowest BCUT2D eigenvalue weighted by Gasteiger charge is -2.07. The molecule has 1 N–H and O–H groups in total. The summed E-state index contributed by atoms with van der Waals surface area (Å²) in [5, 5.41) is 3.27. The number of aromatic nitrogens is 3. The Morgan fingerprint density at radius 2 is 1.94 bits per heavy atom. The van der Waals surface area contributed by atoms with Crippen LogP contribution in [0.3, 0.4) is 0 Å². The highest BCUT2D eigenvalue weighted by Gasteiger charge is 2.10. The first-order chi connectivity index (χ1) is 8.56. The van der Waals surface area contributed by atoms with Crippen molar-refractivity contribution < 1.29 is 4.79 Å². The minimum Gasteiger partial charge on any atom is -0.319 e. The van der Waals surface area contributed by atoms with Gasteiger partial charge in [0, 0.05) is 0 Å². The second-order valence-corrected chi connectivity index (χ2v) is 4.22. The number of amides is 1. The summed E-state index contributed by atoms with van der Waals surface area (Å²) < 4.78 is 0. The zero-order valence-electron chi connectivity index (χ0n) is 9.32. The number of hydrogen-bond donors (Lipinski definition) is 1. The molecule has 2 aromatic heterocycles. The van der Waals surface area contributed by atoms with Crippen LogP contribution in [-0.2, 0) is 0 Å². The molecule has 0 radical (unpaired) electrons. The molecule has 18 heavy (non-hydrogen) atoms. The van der Waals surface area contributed by atoms with Crippen LogP contribution in [0.25, 0.3) is 0 Å². The van der Waals surface area contributed by atoms with Crippen molar-refractivity contribution in [3.8, 4) is 0 Å². The monoisotopic (exact) mass is 282 g/mol. The molecule has 92 valence electrons. The summed E-state index contributed by atoms with van der Waals surface area (Å²) in [5.74, 6) is -0.383. The molecule has 0 fully saturated rings. The molecule has 0 unspecified atom stereocenters. The summed E-state index contributed by atoms with van der Waals surface area (Å²) in [4.78, 5) is 23.5. The number of hydrogen-bond acceptors (Lipinski definition) is 4. The first-order valence-electron chi connectivity index (χ1n) is 4.98. The Bertz CT molecular complexity index is 586. The van der Waals surface area contributed by atoms with Crippen LogP contribution in [0.1, 0.15) is 16.2 Å². The van der Waals surface area contributed by atoms with Crippen LogP contribution >= 0.6 is 23.2 Å². The van der Waals surface area contributed by atoms with E-state index >= 15 is 0 Å². The standard InChI is InChI=1S/C11H8Cl2N4O/c1-6-7(2-3-9(12)16-6)17-11(18)8-4-15-10(13)5-14-8/h2-5H,1H3,(H,17,18). The number of pyridine rings is 1. The van der Waals surface area contributed by atoms with E-state index in [4.69, 9.17) is 23.2 Å². The Kier molecular flexibility index (Phi) is 3.74. The van der Waals surface area contributed by atoms with E-state index in [0.717, 1.165) is 0 Å². The Morgan fingerprint density at radius 1 is 1.17 bits per heavy atom. The van der Waals surface area contributed by atoms with Gasteiger partial charge in [0.2, 0.25) is 0 Å². The second-order valence-electron chi connectivity index (χ2n) is 3.45. The van der Waals surface area contributed by atoms with Crippen LogP contribution in [0.2, 0.25) is 10.3 Å². The highest BCUT2D eigenvalue weighted by molar-refractivity contribution is 6.29. The lowest BCUT2D eigenvalue weighted by atomic mass is 10.3. The van der Waals surface area contributed by atoms with Crippen molar-refractivity contribution in [1.82, 2.24) is 15.0 Å². The van der Waals surface area contributed by atoms with Crippen molar-refractivity contribution in [1.29, 1.82) is 0 Å².